The van der Waals surface area contributed by atoms with E-state index in [-0.39, 0.29) is 6.54 Å². The highest BCUT2D eigenvalue weighted by Gasteiger charge is 2.38. The van der Waals surface area contributed by atoms with E-state index in [0.717, 1.165) is 11.1 Å². The van der Waals surface area contributed by atoms with Gasteiger partial charge in [-0.3, -0.25) is 4.79 Å². The first kappa shape index (κ1) is 14.3. The van der Waals surface area contributed by atoms with Gasteiger partial charge in [0.1, 0.15) is 5.75 Å². The zero-order valence-corrected chi connectivity index (χ0v) is 10.3. The Morgan fingerprint density at radius 2 is 1.94 bits per heavy atom. The highest BCUT2D eigenvalue weighted by atomic mass is 19.4. The van der Waals surface area contributed by atoms with Crippen LogP contribution >= 0.6 is 0 Å². The number of halogens is 3. The molecule has 1 amide bonds. The predicted octanol–water partition coefficient (Wildman–Crippen LogP) is 2.49. The van der Waals surface area contributed by atoms with Gasteiger partial charge in [0.15, 0.2) is 0 Å². The monoisotopic (exact) mass is 261 g/mol. The van der Waals surface area contributed by atoms with Crippen molar-refractivity contribution in [1.29, 1.82) is 0 Å². The van der Waals surface area contributed by atoms with E-state index in [9.17, 15) is 18.0 Å². The van der Waals surface area contributed by atoms with E-state index in [1.54, 1.807) is 13.0 Å². The molecule has 0 bridgehead atoms. The number of benzene rings is 1. The van der Waals surface area contributed by atoms with Gasteiger partial charge in [-0.25, -0.2) is 0 Å². The highest BCUT2D eigenvalue weighted by Crippen LogP contribution is 2.25. The Kier molecular flexibility index (Phi) is 4.21. The molecule has 0 aliphatic rings. The molecule has 1 N–H and O–H groups in total. The molecular weight excluding hydrogens is 247 g/mol. The number of hydrogen-bond donors (Lipinski definition) is 1. The lowest BCUT2D eigenvalue weighted by molar-refractivity contribution is -0.173. The summed E-state index contributed by atoms with van der Waals surface area (Å²) in [4.78, 5) is 10.7. The summed E-state index contributed by atoms with van der Waals surface area (Å²) in [6.07, 6.45) is -4.87. The number of methoxy groups -OCH3 is 1. The maximum absolute atomic E-state index is 12.0. The van der Waals surface area contributed by atoms with Crippen molar-refractivity contribution in [3.8, 4) is 5.75 Å². The maximum Gasteiger partial charge on any atom is 0.471 e. The molecule has 0 aromatic heterocycles. The fourth-order valence-corrected chi connectivity index (χ4v) is 1.74. The van der Waals surface area contributed by atoms with E-state index in [1.165, 1.54) is 7.11 Å². The lowest BCUT2D eigenvalue weighted by atomic mass is 10.1. The van der Waals surface area contributed by atoms with Crippen molar-refractivity contribution in [3.63, 3.8) is 0 Å². The minimum atomic E-state index is -4.87. The predicted molar refractivity (Wildman–Crippen MR) is 60.4 cm³/mol. The van der Waals surface area contributed by atoms with Gasteiger partial charge in [0.25, 0.3) is 0 Å². The molecule has 0 heterocycles. The summed E-state index contributed by atoms with van der Waals surface area (Å²) in [5, 5.41) is 1.82. The van der Waals surface area contributed by atoms with E-state index < -0.39 is 12.1 Å². The number of rotatable bonds is 3. The number of hydrogen-bond acceptors (Lipinski definition) is 2. The second-order valence-electron chi connectivity index (χ2n) is 3.95. The summed E-state index contributed by atoms with van der Waals surface area (Å²) in [7, 11) is 1.44. The smallest absolute Gasteiger partial charge is 0.471 e. The third-order valence-corrected chi connectivity index (χ3v) is 2.40. The van der Waals surface area contributed by atoms with Crippen LogP contribution in [0.25, 0.3) is 0 Å². The molecule has 0 aliphatic heterocycles. The van der Waals surface area contributed by atoms with Gasteiger partial charge in [0.2, 0.25) is 0 Å². The SMILES string of the molecule is COc1c(C)cc(C)cc1CNC(=O)C(F)(F)F. The van der Waals surface area contributed by atoms with Crippen molar-refractivity contribution in [3.05, 3.63) is 28.8 Å². The van der Waals surface area contributed by atoms with Crippen molar-refractivity contribution in [2.75, 3.05) is 7.11 Å². The first-order valence-electron chi connectivity index (χ1n) is 5.25. The topological polar surface area (TPSA) is 38.3 Å². The van der Waals surface area contributed by atoms with Gasteiger partial charge in [0, 0.05) is 12.1 Å². The normalized spacial score (nSPS) is 11.2. The minimum Gasteiger partial charge on any atom is -0.496 e. The van der Waals surface area contributed by atoms with Crippen LogP contribution in [-0.2, 0) is 11.3 Å². The summed E-state index contributed by atoms with van der Waals surface area (Å²) < 4.78 is 41.3. The summed E-state index contributed by atoms with van der Waals surface area (Å²) in [5.74, 6) is -1.47. The first-order chi connectivity index (χ1) is 8.25. The molecule has 18 heavy (non-hydrogen) atoms. The largest absolute Gasteiger partial charge is 0.496 e. The number of amides is 1. The van der Waals surface area contributed by atoms with Crippen LogP contribution in [0.15, 0.2) is 12.1 Å². The average molecular weight is 261 g/mol. The second-order valence-corrected chi connectivity index (χ2v) is 3.95. The zero-order valence-electron chi connectivity index (χ0n) is 10.3. The first-order valence-corrected chi connectivity index (χ1v) is 5.25. The van der Waals surface area contributed by atoms with Crippen LogP contribution in [0.3, 0.4) is 0 Å². The number of nitrogens with one attached hydrogen (secondary N) is 1. The van der Waals surface area contributed by atoms with E-state index in [4.69, 9.17) is 4.74 Å². The number of alkyl halides is 3. The lowest BCUT2D eigenvalue weighted by Gasteiger charge is -2.14. The molecule has 1 rings (SSSR count). The maximum atomic E-state index is 12.0. The number of carbonyl (C=O) groups is 1. The van der Waals surface area contributed by atoms with E-state index in [2.05, 4.69) is 0 Å². The van der Waals surface area contributed by atoms with Gasteiger partial charge in [0.05, 0.1) is 7.11 Å². The summed E-state index contributed by atoms with van der Waals surface area (Å²) in [6.45, 7) is 3.40. The summed E-state index contributed by atoms with van der Waals surface area (Å²) in [5.41, 5.74) is 2.23. The average Bonchev–Trinajstić information content (AvgIpc) is 2.23. The molecule has 3 nitrogen and oxygen atoms in total. The van der Waals surface area contributed by atoms with Crippen molar-refractivity contribution in [2.45, 2.75) is 26.6 Å². The molecule has 0 saturated carbocycles. The van der Waals surface area contributed by atoms with Gasteiger partial charge in [-0.05, 0) is 19.4 Å². The van der Waals surface area contributed by atoms with Crippen molar-refractivity contribution in [1.82, 2.24) is 5.32 Å². The fourth-order valence-electron chi connectivity index (χ4n) is 1.74. The molecule has 0 aliphatic carbocycles. The molecular formula is C12H14F3NO2. The van der Waals surface area contributed by atoms with E-state index >= 15 is 0 Å². The molecule has 0 spiro atoms. The van der Waals surface area contributed by atoms with Gasteiger partial charge >= 0.3 is 12.1 Å². The van der Waals surface area contributed by atoms with Gasteiger partial charge < -0.3 is 10.1 Å². The van der Waals surface area contributed by atoms with Crippen LogP contribution < -0.4 is 10.1 Å². The Morgan fingerprint density at radius 1 is 1.33 bits per heavy atom. The van der Waals surface area contributed by atoms with Crippen LogP contribution in [0.4, 0.5) is 13.2 Å². The van der Waals surface area contributed by atoms with Crippen molar-refractivity contribution >= 4 is 5.91 Å². The molecule has 0 atom stereocenters. The van der Waals surface area contributed by atoms with Crippen LogP contribution in [-0.4, -0.2) is 19.2 Å². The summed E-state index contributed by atoms with van der Waals surface area (Å²) >= 11 is 0. The van der Waals surface area contributed by atoms with Crippen molar-refractivity contribution in [2.24, 2.45) is 0 Å². The Balaban J connectivity index is 2.88. The van der Waals surface area contributed by atoms with Gasteiger partial charge in [-0.1, -0.05) is 17.7 Å². The van der Waals surface area contributed by atoms with Crippen LogP contribution in [0.1, 0.15) is 16.7 Å². The highest BCUT2D eigenvalue weighted by molar-refractivity contribution is 5.81. The second kappa shape index (κ2) is 5.29. The number of aryl methyl sites for hydroxylation is 2. The van der Waals surface area contributed by atoms with Crippen LogP contribution in [0.2, 0.25) is 0 Å². The van der Waals surface area contributed by atoms with Crippen LogP contribution in [0, 0.1) is 13.8 Å². The minimum absolute atomic E-state index is 0.218. The molecule has 6 heteroatoms. The molecule has 0 saturated heterocycles. The van der Waals surface area contributed by atoms with E-state index in [0.29, 0.717) is 11.3 Å². The Bertz CT molecular complexity index is 455. The fraction of sp³-hybridized carbons (Fsp3) is 0.417. The Labute approximate surface area is 103 Å². The summed E-state index contributed by atoms with van der Waals surface area (Å²) in [6, 6.07) is 3.54. The number of ether oxygens (including phenoxy) is 1. The van der Waals surface area contributed by atoms with Crippen LogP contribution in [0.5, 0.6) is 5.75 Å². The molecule has 0 radical (unpaired) electrons. The molecule has 1 aromatic carbocycles. The Morgan fingerprint density at radius 3 is 2.44 bits per heavy atom. The quantitative estimate of drug-likeness (QED) is 0.907. The number of carbonyl (C=O) groups excluding carboxylic acids is 1. The molecule has 0 fully saturated rings. The third-order valence-electron chi connectivity index (χ3n) is 2.40. The van der Waals surface area contributed by atoms with Gasteiger partial charge in [-0.15, -0.1) is 0 Å². The van der Waals surface area contributed by atoms with Gasteiger partial charge in [-0.2, -0.15) is 13.2 Å². The third kappa shape index (κ3) is 3.38. The Hall–Kier alpha value is -1.72. The lowest BCUT2D eigenvalue weighted by Crippen LogP contribution is -2.36. The molecule has 0 unspecified atom stereocenters. The van der Waals surface area contributed by atoms with Crippen molar-refractivity contribution < 1.29 is 22.7 Å². The standard InChI is InChI=1S/C12H14F3NO2/c1-7-4-8(2)10(18-3)9(5-7)6-16-11(17)12(13,14)15/h4-5H,6H2,1-3H3,(H,16,17). The molecule has 1 aromatic rings. The zero-order chi connectivity index (χ0) is 13.9. The molecule has 100 valence electrons. The van der Waals surface area contributed by atoms with E-state index in [1.807, 2.05) is 18.3 Å².